The van der Waals surface area contributed by atoms with Gasteiger partial charge in [-0.15, -0.1) is 0 Å². The zero-order chi connectivity index (χ0) is 33.0. The van der Waals surface area contributed by atoms with Crippen molar-refractivity contribution in [1.82, 2.24) is 4.57 Å². The van der Waals surface area contributed by atoms with Crippen LogP contribution in [0.5, 0.6) is 28.7 Å². The van der Waals surface area contributed by atoms with Gasteiger partial charge in [0.2, 0.25) is 0 Å². The van der Waals surface area contributed by atoms with Crippen LogP contribution in [0.25, 0.3) is 11.3 Å². The molecule has 0 saturated heterocycles. The van der Waals surface area contributed by atoms with Crippen LogP contribution >= 0.6 is 0 Å². The monoisotopic (exact) mass is 633 g/mol. The van der Waals surface area contributed by atoms with E-state index >= 15 is 0 Å². The molecule has 1 heterocycles. The minimum absolute atomic E-state index is 0.373. The summed E-state index contributed by atoms with van der Waals surface area (Å²) in [6, 6.07) is 31.4. The molecule has 0 amide bonds. The zero-order valence-electron chi connectivity index (χ0n) is 27.7. The predicted molar refractivity (Wildman–Crippen MR) is 185 cm³/mol. The van der Waals surface area contributed by atoms with Crippen molar-refractivity contribution in [3.8, 4) is 40.0 Å². The quantitative estimate of drug-likeness (QED) is 0.0797. The van der Waals surface area contributed by atoms with E-state index in [1.54, 1.807) is 18.2 Å². The first-order valence-corrected chi connectivity index (χ1v) is 16.2. The van der Waals surface area contributed by atoms with Gasteiger partial charge in [0.25, 0.3) is 0 Å². The van der Waals surface area contributed by atoms with E-state index in [0.717, 1.165) is 64.5 Å². The Balaban J connectivity index is 1.27. The summed E-state index contributed by atoms with van der Waals surface area (Å²) in [5.41, 5.74) is 5.69. The maximum absolute atomic E-state index is 12.3. The second-order valence-electron chi connectivity index (χ2n) is 11.2. The highest BCUT2D eigenvalue weighted by Gasteiger charge is 2.18. The lowest BCUT2D eigenvalue weighted by Gasteiger charge is -2.19. The second kappa shape index (κ2) is 16.4. The molecule has 0 aliphatic carbocycles. The summed E-state index contributed by atoms with van der Waals surface area (Å²) in [5, 5.41) is 0. The summed E-state index contributed by atoms with van der Waals surface area (Å²) in [5.74, 6) is 3.03. The van der Waals surface area contributed by atoms with Gasteiger partial charge in [-0.3, -0.25) is 0 Å². The summed E-state index contributed by atoms with van der Waals surface area (Å²) in [7, 11) is 3.41. The first-order valence-electron chi connectivity index (χ1n) is 16.2. The van der Waals surface area contributed by atoms with E-state index in [9.17, 15) is 4.79 Å². The van der Waals surface area contributed by atoms with E-state index in [4.69, 9.17) is 23.7 Å². The number of para-hydroxylation sites is 1. The fraction of sp³-hybridized carbons (Fsp3) is 0.275. The number of esters is 1. The number of hydrogen-bond acceptors (Lipinski definition) is 6. The van der Waals surface area contributed by atoms with Gasteiger partial charge in [-0.1, -0.05) is 68.8 Å². The summed E-state index contributed by atoms with van der Waals surface area (Å²) in [4.78, 5) is 12.3. The van der Waals surface area contributed by atoms with Gasteiger partial charge in [-0.2, -0.15) is 0 Å². The fourth-order valence-electron chi connectivity index (χ4n) is 5.46. The SMILES string of the molecule is CCCc1c(OCCCOc2cc(OCc3ccccc3)c(-c3cccn3C)cc2CC)cccc1Oc1ccccc1C(=O)OC. The maximum atomic E-state index is 12.3. The fourth-order valence-corrected chi connectivity index (χ4v) is 5.46. The molecule has 0 spiro atoms. The number of carbonyl (C=O) groups is 1. The molecule has 1 aromatic heterocycles. The molecule has 0 fully saturated rings. The molecule has 0 aliphatic rings. The van der Waals surface area contributed by atoms with Crippen molar-refractivity contribution in [3.63, 3.8) is 0 Å². The van der Waals surface area contributed by atoms with E-state index in [1.165, 1.54) is 7.11 Å². The van der Waals surface area contributed by atoms with Crippen LogP contribution < -0.4 is 18.9 Å². The van der Waals surface area contributed by atoms with E-state index in [1.807, 2.05) is 67.8 Å². The molecule has 0 bridgehead atoms. The molecular weight excluding hydrogens is 590 g/mol. The second-order valence-corrected chi connectivity index (χ2v) is 11.2. The third-order valence-corrected chi connectivity index (χ3v) is 7.91. The van der Waals surface area contributed by atoms with Crippen molar-refractivity contribution in [2.75, 3.05) is 20.3 Å². The molecule has 244 valence electrons. The molecule has 0 atom stereocenters. The Morgan fingerprint density at radius 3 is 2.17 bits per heavy atom. The van der Waals surface area contributed by atoms with Gasteiger partial charge in [-0.25, -0.2) is 4.79 Å². The summed E-state index contributed by atoms with van der Waals surface area (Å²) in [6.07, 6.45) is 5.23. The van der Waals surface area contributed by atoms with Gasteiger partial charge in [-0.05, 0) is 66.4 Å². The molecule has 0 N–H and O–H groups in total. The van der Waals surface area contributed by atoms with Gasteiger partial charge in [0.1, 0.15) is 40.9 Å². The number of hydrogen-bond donors (Lipinski definition) is 0. The van der Waals surface area contributed by atoms with Crippen molar-refractivity contribution >= 4 is 5.97 Å². The van der Waals surface area contributed by atoms with Crippen LogP contribution in [0.15, 0.2) is 103 Å². The van der Waals surface area contributed by atoms with Gasteiger partial charge >= 0.3 is 5.97 Å². The number of carbonyl (C=O) groups excluding carboxylic acids is 1. The Labute approximate surface area is 277 Å². The van der Waals surface area contributed by atoms with Crippen LogP contribution in [-0.2, 0) is 31.2 Å². The Hall–Kier alpha value is -5.17. The van der Waals surface area contributed by atoms with Crippen LogP contribution in [-0.4, -0.2) is 30.9 Å². The summed E-state index contributed by atoms with van der Waals surface area (Å²) >= 11 is 0. The van der Waals surface area contributed by atoms with E-state index in [0.29, 0.717) is 43.3 Å². The number of nitrogens with zero attached hydrogens (tertiary/aromatic N) is 1. The maximum Gasteiger partial charge on any atom is 0.341 e. The average Bonchev–Trinajstić information content (AvgIpc) is 3.54. The minimum atomic E-state index is -0.444. The molecule has 7 heteroatoms. The standard InChI is InChI=1S/C40H43NO6/c1-5-15-31-35(21-12-22-36(31)47-37-20-11-10-18-32(37)40(42)43-4)44-24-14-25-45-38-27-39(46-28-29-16-8-7-9-17-29)33(26-30(38)6-2)34-19-13-23-41(34)3/h7-13,16-23,26-27H,5-6,14-15,24-25,28H2,1-4H3. The average molecular weight is 634 g/mol. The van der Waals surface area contributed by atoms with Crippen LogP contribution in [0.4, 0.5) is 0 Å². The topological polar surface area (TPSA) is 68.2 Å². The van der Waals surface area contributed by atoms with Crippen molar-refractivity contribution in [3.05, 3.63) is 126 Å². The predicted octanol–water partition coefficient (Wildman–Crippen LogP) is 9.21. The Morgan fingerprint density at radius 1 is 0.723 bits per heavy atom. The number of methoxy groups -OCH3 is 1. The van der Waals surface area contributed by atoms with E-state index in [-0.39, 0.29) is 0 Å². The van der Waals surface area contributed by atoms with Gasteiger partial charge in [0.05, 0.1) is 26.0 Å². The lowest BCUT2D eigenvalue weighted by Crippen LogP contribution is -2.08. The van der Waals surface area contributed by atoms with E-state index in [2.05, 4.69) is 42.7 Å². The van der Waals surface area contributed by atoms with Crippen molar-refractivity contribution in [2.45, 2.75) is 46.1 Å². The first kappa shape index (κ1) is 33.2. The number of aromatic nitrogens is 1. The molecule has 4 aromatic carbocycles. The third-order valence-electron chi connectivity index (χ3n) is 7.91. The molecule has 0 radical (unpaired) electrons. The molecule has 0 saturated carbocycles. The highest BCUT2D eigenvalue weighted by molar-refractivity contribution is 5.92. The highest BCUT2D eigenvalue weighted by atomic mass is 16.5. The van der Waals surface area contributed by atoms with Crippen molar-refractivity contribution in [2.24, 2.45) is 7.05 Å². The number of aryl methyl sites for hydroxylation is 2. The number of ether oxygens (including phenoxy) is 5. The number of rotatable bonds is 16. The lowest BCUT2D eigenvalue weighted by atomic mass is 10.0. The normalized spacial score (nSPS) is 10.8. The molecule has 47 heavy (non-hydrogen) atoms. The summed E-state index contributed by atoms with van der Waals surface area (Å²) in [6.45, 7) is 5.68. The zero-order valence-corrected chi connectivity index (χ0v) is 27.7. The van der Waals surface area contributed by atoms with Crippen LogP contribution in [0.1, 0.15) is 53.7 Å². The van der Waals surface area contributed by atoms with Crippen LogP contribution in [0, 0.1) is 0 Å². The lowest BCUT2D eigenvalue weighted by molar-refractivity contribution is 0.0598. The highest BCUT2D eigenvalue weighted by Crippen LogP contribution is 2.38. The molecular formula is C40H43NO6. The van der Waals surface area contributed by atoms with E-state index < -0.39 is 5.97 Å². The number of benzene rings is 4. The molecule has 5 aromatic rings. The van der Waals surface area contributed by atoms with Gasteiger partial charge < -0.3 is 28.3 Å². The Bertz CT molecular complexity index is 1760. The molecule has 0 unspecified atom stereocenters. The first-order chi connectivity index (χ1) is 23.0. The molecule has 7 nitrogen and oxygen atoms in total. The third kappa shape index (κ3) is 8.36. The summed E-state index contributed by atoms with van der Waals surface area (Å²) < 4.78 is 32.3. The molecule has 5 rings (SSSR count). The largest absolute Gasteiger partial charge is 0.493 e. The van der Waals surface area contributed by atoms with Crippen molar-refractivity contribution < 1.29 is 28.5 Å². The Morgan fingerprint density at radius 2 is 1.45 bits per heavy atom. The van der Waals surface area contributed by atoms with Crippen LogP contribution in [0.3, 0.4) is 0 Å². The minimum Gasteiger partial charge on any atom is -0.493 e. The molecule has 0 aliphatic heterocycles. The smallest absolute Gasteiger partial charge is 0.341 e. The Kier molecular flexibility index (Phi) is 11.6. The van der Waals surface area contributed by atoms with Gasteiger partial charge in [0, 0.05) is 36.9 Å². The van der Waals surface area contributed by atoms with Crippen molar-refractivity contribution in [1.29, 1.82) is 0 Å². The van der Waals surface area contributed by atoms with Gasteiger partial charge in [0.15, 0.2) is 0 Å². The van der Waals surface area contributed by atoms with Crippen LogP contribution in [0.2, 0.25) is 0 Å².